The van der Waals surface area contributed by atoms with Gasteiger partial charge in [-0.15, -0.1) is 0 Å². The van der Waals surface area contributed by atoms with E-state index in [9.17, 15) is 5.11 Å². The van der Waals surface area contributed by atoms with Crippen LogP contribution in [0.15, 0.2) is 0 Å². The third kappa shape index (κ3) is 4.06. The predicted molar refractivity (Wildman–Crippen MR) is 67.5 cm³/mol. The summed E-state index contributed by atoms with van der Waals surface area (Å²) >= 11 is 0. The lowest BCUT2D eigenvalue weighted by Gasteiger charge is -2.34. The number of hydrogen-bond donors (Lipinski definition) is 1. The van der Waals surface area contributed by atoms with Crippen LogP contribution in [-0.4, -0.2) is 23.9 Å². The number of aliphatic hydroxyl groups is 1. The molecule has 2 heteroatoms. The number of rotatable bonds is 5. The molecular weight excluding hydrogens is 200 g/mol. The van der Waals surface area contributed by atoms with Crippen molar-refractivity contribution in [3.05, 3.63) is 0 Å². The van der Waals surface area contributed by atoms with Crippen LogP contribution in [0.2, 0.25) is 0 Å². The summed E-state index contributed by atoms with van der Waals surface area (Å²) in [6.45, 7) is 6.51. The van der Waals surface area contributed by atoms with Crippen LogP contribution in [0.1, 0.15) is 59.3 Å². The van der Waals surface area contributed by atoms with Gasteiger partial charge in [-0.3, -0.25) is 0 Å². The number of ether oxygens (including phenoxy) is 1. The van der Waals surface area contributed by atoms with Crippen molar-refractivity contribution in [2.24, 2.45) is 11.8 Å². The molecule has 0 radical (unpaired) electrons. The Morgan fingerprint density at radius 1 is 1.31 bits per heavy atom. The average Bonchev–Trinajstić information content (AvgIpc) is 2.28. The second-order valence-corrected chi connectivity index (χ2v) is 5.92. The molecule has 1 aliphatic rings. The van der Waals surface area contributed by atoms with E-state index in [0.717, 1.165) is 25.2 Å². The summed E-state index contributed by atoms with van der Waals surface area (Å²) in [7, 11) is 1.77. The Bertz CT molecular complexity index is 201. The van der Waals surface area contributed by atoms with E-state index >= 15 is 0 Å². The summed E-state index contributed by atoms with van der Waals surface area (Å²) in [6, 6.07) is 0. The van der Waals surface area contributed by atoms with Crippen LogP contribution in [0.25, 0.3) is 0 Å². The van der Waals surface area contributed by atoms with E-state index in [2.05, 4.69) is 20.8 Å². The minimum atomic E-state index is -0.0737. The Morgan fingerprint density at radius 2 is 2.00 bits per heavy atom. The van der Waals surface area contributed by atoms with Gasteiger partial charge in [0.2, 0.25) is 0 Å². The summed E-state index contributed by atoms with van der Waals surface area (Å²) in [5.74, 6) is 1.33. The maximum Gasteiger partial charge on any atom is 0.0622 e. The quantitative estimate of drug-likeness (QED) is 0.781. The number of hydrogen-bond acceptors (Lipinski definition) is 2. The zero-order chi connectivity index (χ0) is 12.2. The summed E-state index contributed by atoms with van der Waals surface area (Å²) in [6.07, 6.45) is 6.74. The SMILES string of the molecule is CCC1CCC(O)C(CCC(C)(C)OC)C1. The van der Waals surface area contributed by atoms with Crippen LogP contribution in [0.3, 0.4) is 0 Å². The van der Waals surface area contributed by atoms with Gasteiger partial charge in [0.1, 0.15) is 0 Å². The van der Waals surface area contributed by atoms with E-state index in [-0.39, 0.29) is 11.7 Å². The zero-order valence-electron chi connectivity index (χ0n) is 11.3. The molecule has 1 saturated carbocycles. The van der Waals surface area contributed by atoms with E-state index in [0.29, 0.717) is 5.92 Å². The lowest BCUT2D eigenvalue weighted by Crippen LogP contribution is -2.31. The first-order valence-electron chi connectivity index (χ1n) is 6.71. The molecule has 0 aromatic rings. The van der Waals surface area contributed by atoms with Crippen LogP contribution in [0, 0.1) is 11.8 Å². The lowest BCUT2D eigenvalue weighted by molar-refractivity contribution is -0.00864. The Balaban J connectivity index is 2.39. The van der Waals surface area contributed by atoms with Gasteiger partial charge in [0.05, 0.1) is 11.7 Å². The highest BCUT2D eigenvalue weighted by atomic mass is 16.5. The fraction of sp³-hybridized carbons (Fsp3) is 1.00. The third-order valence-electron chi connectivity index (χ3n) is 4.30. The predicted octanol–water partition coefficient (Wildman–Crippen LogP) is 3.38. The van der Waals surface area contributed by atoms with Crippen molar-refractivity contribution in [3.63, 3.8) is 0 Å². The second-order valence-electron chi connectivity index (χ2n) is 5.92. The van der Waals surface area contributed by atoms with Gasteiger partial charge in [-0.2, -0.15) is 0 Å². The second kappa shape index (κ2) is 6.02. The molecule has 1 N–H and O–H groups in total. The molecule has 3 unspecified atom stereocenters. The van der Waals surface area contributed by atoms with E-state index in [1.54, 1.807) is 7.11 Å². The standard InChI is InChI=1S/C14H28O2/c1-5-11-6-7-13(15)12(10-11)8-9-14(2,3)16-4/h11-13,15H,5-10H2,1-4H3. The highest BCUT2D eigenvalue weighted by molar-refractivity contribution is 4.81. The van der Waals surface area contributed by atoms with Crippen LogP contribution < -0.4 is 0 Å². The normalized spacial score (nSPS) is 31.7. The molecule has 1 rings (SSSR count). The molecule has 2 nitrogen and oxygen atoms in total. The molecule has 0 amide bonds. The summed E-state index contributed by atoms with van der Waals surface area (Å²) in [5.41, 5.74) is -0.0428. The average molecular weight is 228 g/mol. The molecule has 0 spiro atoms. The largest absolute Gasteiger partial charge is 0.393 e. The van der Waals surface area contributed by atoms with Gasteiger partial charge in [-0.25, -0.2) is 0 Å². The fourth-order valence-corrected chi connectivity index (χ4v) is 2.66. The van der Waals surface area contributed by atoms with Gasteiger partial charge in [-0.1, -0.05) is 13.3 Å². The minimum absolute atomic E-state index is 0.0428. The first-order valence-corrected chi connectivity index (χ1v) is 6.71. The van der Waals surface area contributed by atoms with Crippen molar-refractivity contribution in [3.8, 4) is 0 Å². The zero-order valence-corrected chi connectivity index (χ0v) is 11.3. The van der Waals surface area contributed by atoms with Crippen LogP contribution in [0.5, 0.6) is 0 Å². The molecule has 3 atom stereocenters. The maximum atomic E-state index is 10.0. The molecule has 0 aliphatic heterocycles. The summed E-state index contributed by atoms with van der Waals surface area (Å²) < 4.78 is 5.44. The molecular formula is C14H28O2. The van der Waals surface area contributed by atoms with Crippen LogP contribution in [-0.2, 0) is 4.74 Å². The maximum absolute atomic E-state index is 10.0. The van der Waals surface area contributed by atoms with Crippen molar-refractivity contribution in [1.82, 2.24) is 0 Å². The molecule has 0 aromatic heterocycles. The summed E-state index contributed by atoms with van der Waals surface area (Å²) in [4.78, 5) is 0. The van der Waals surface area contributed by atoms with Gasteiger partial charge in [0.15, 0.2) is 0 Å². The topological polar surface area (TPSA) is 29.5 Å². The third-order valence-corrected chi connectivity index (χ3v) is 4.30. The lowest BCUT2D eigenvalue weighted by atomic mass is 9.75. The highest BCUT2D eigenvalue weighted by Crippen LogP contribution is 2.35. The summed E-state index contributed by atoms with van der Waals surface area (Å²) in [5, 5.41) is 10.0. The molecule has 0 heterocycles. The Morgan fingerprint density at radius 3 is 2.56 bits per heavy atom. The number of aliphatic hydroxyl groups excluding tert-OH is 1. The fourth-order valence-electron chi connectivity index (χ4n) is 2.66. The van der Waals surface area contributed by atoms with Crippen molar-refractivity contribution >= 4 is 0 Å². The van der Waals surface area contributed by atoms with E-state index in [1.807, 2.05) is 0 Å². The van der Waals surface area contributed by atoms with Gasteiger partial charge < -0.3 is 9.84 Å². The smallest absolute Gasteiger partial charge is 0.0622 e. The molecule has 0 aromatic carbocycles. The Kier molecular flexibility index (Phi) is 5.26. The highest BCUT2D eigenvalue weighted by Gasteiger charge is 2.29. The van der Waals surface area contributed by atoms with Crippen molar-refractivity contribution < 1.29 is 9.84 Å². The Labute approximate surface area is 100 Å². The van der Waals surface area contributed by atoms with Gasteiger partial charge in [-0.05, 0) is 57.8 Å². The van der Waals surface area contributed by atoms with Gasteiger partial charge in [0.25, 0.3) is 0 Å². The molecule has 0 saturated heterocycles. The molecule has 96 valence electrons. The molecule has 1 fully saturated rings. The van der Waals surface area contributed by atoms with Gasteiger partial charge in [0, 0.05) is 7.11 Å². The first kappa shape index (κ1) is 14.0. The Hall–Kier alpha value is -0.0800. The molecule has 16 heavy (non-hydrogen) atoms. The van der Waals surface area contributed by atoms with E-state index in [4.69, 9.17) is 4.74 Å². The van der Waals surface area contributed by atoms with E-state index in [1.165, 1.54) is 19.3 Å². The van der Waals surface area contributed by atoms with E-state index < -0.39 is 0 Å². The number of methoxy groups -OCH3 is 1. The van der Waals surface area contributed by atoms with Crippen molar-refractivity contribution in [2.45, 2.75) is 71.0 Å². The molecule has 1 aliphatic carbocycles. The van der Waals surface area contributed by atoms with Crippen molar-refractivity contribution in [1.29, 1.82) is 0 Å². The van der Waals surface area contributed by atoms with Crippen LogP contribution in [0.4, 0.5) is 0 Å². The van der Waals surface area contributed by atoms with Gasteiger partial charge >= 0.3 is 0 Å². The minimum Gasteiger partial charge on any atom is -0.393 e. The monoisotopic (exact) mass is 228 g/mol. The molecule has 0 bridgehead atoms. The van der Waals surface area contributed by atoms with Crippen LogP contribution >= 0.6 is 0 Å². The van der Waals surface area contributed by atoms with Crippen molar-refractivity contribution in [2.75, 3.05) is 7.11 Å². The first-order chi connectivity index (χ1) is 7.48.